The van der Waals surface area contributed by atoms with E-state index in [4.69, 9.17) is 23.2 Å². The van der Waals surface area contributed by atoms with Crippen molar-refractivity contribution in [2.24, 2.45) is 0 Å². The minimum atomic E-state index is 0.310. The summed E-state index contributed by atoms with van der Waals surface area (Å²) in [7, 11) is 0. The summed E-state index contributed by atoms with van der Waals surface area (Å²) < 4.78 is 0. The van der Waals surface area contributed by atoms with Crippen LogP contribution in [0.5, 0.6) is 5.75 Å². The molecule has 0 heterocycles. The molecule has 2 rings (SSSR count). The van der Waals surface area contributed by atoms with Gasteiger partial charge in [-0.25, -0.2) is 0 Å². The third kappa shape index (κ3) is 2.93. The number of aromatic hydroxyl groups is 1. The summed E-state index contributed by atoms with van der Waals surface area (Å²) in [6.07, 6.45) is 0.643. The average Bonchev–Trinajstić information content (AvgIpc) is 2.28. The second-order valence-electron chi connectivity index (χ2n) is 4.03. The quantitative estimate of drug-likeness (QED) is 0.843. The summed E-state index contributed by atoms with van der Waals surface area (Å²) in [5, 5.41) is 11.3. The fourth-order valence-corrected chi connectivity index (χ4v) is 2.18. The minimum Gasteiger partial charge on any atom is -0.507 e. The largest absolute Gasteiger partial charge is 0.507 e. The van der Waals surface area contributed by atoms with Crippen molar-refractivity contribution in [3.05, 3.63) is 63.1 Å². The highest BCUT2D eigenvalue weighted by atomic mass is 35.5. The predicted octanol–water partition coefficient (Wildman–Crippen LogP) is 4.60. The Kier molecular flexibility index (Phi) is 3.60. The van der Waals surface area contributed by atoms with Gasteiger partial charge in [-0.05, 0) is 47.9 Å². The van der Waals surface area contributed by atoms with Gasteiger partial charge in [0.05, 0.1) is 0 Å². The van der Waals surface area contributed by atoms with E-state index in [1.54, 1.807) is 12.1 Å². The third-order valence-electron chi connectivity index (χ3n) is 2.65. The van der Waals surface area contributed by atoms with Gasteiger partial charge < -0.3 is 5.11 Å². The molecular weight excluding hydrogens is 255 g/mol. The Labute approximate surface area is 111 Å². The van der Waals surface area contributed by atoms with Crippen LogP contribution in [-0.4, -0.2) is 5.11 Å². The molecule has 0 aliphatic rings. The average molecular weight is 267 g/mol. The lowest BCUT2D eigenvalue weighted by Crippen LogP contribution is -1.91. The maximum absolute atomic E-state index is 9.95. The maximum Gasteiger partial charge on any atom is 0.122 e. The molecule has 1 N–H and O–H groups in total. The molecule has 0 fully saturated rings. The molecule has 17 heavy (non-hydrogen) atoms. The lowest BCUT2D eigenvalue weighted by Gasteiger charge is -2.08. The number of hydrogen-bond acceptors (Lipinski definition) is 1. The van der Waals surface area contributed by atoms with Crippen LogP contribution in [0.2, 0.25) is 10.0 Å². The molecule has 0 aromatic heterocycles. The Bertz CT molecular complexity index is 533. The molecular formula is C14H12Cl2O. The smallest absolute Gasteiger partial charge is 0.122 e. The van der Waals surface area contributed by atoms with Crippen LogP contribution >= 0.6 is 23.2 Å². The first-order chi connectivity index (χ1) is 8.06. The number of hydrogen-bond donors (Lipinski definition) is 1. The van der Waals surface area contributed by atoms with Gasteiger partial charge in [0.2, 0.25) is 0 Å². The van der Waals surface area contributed by atoms with Crippen LogP contribution in [0.3, 0.4) is 0 Å². The minimum absolute atomic E-state index is 0.310. The van der Waals surface area contributed by atoms with Crippen LogP contribution in [0.15, 0.2) is 36.4 Å². The molecule has 0 unspecified atom stereocenters. The van der Waals surface area contributed by atoms with Crippen molar-refractivity contribution in [1.29, 1.82) is 0 Å². The van der Waals surface area contributed by atoms with E-state index < -0.39 is 0 Å². The molecule has 0 saturated carbocycles. The van der Waals surface area contributed by atoms with Crippen LogP contribution in [0.4, 0.5) is 0 Å². The van der Waals surface area contributed by atoms with E-state index in [0.29, 0.717) is 22.2 Å². The summed E-state index contributed by atoms with van der Waals surface area (Å²) in [6.45, 7) is 1.84. The normalized spacial score (nSPS) is 10.5. The standard InChI is InChI=1S/C14H12Cl2O/c1-9-6-13(16)8-11(14(9)17)7-10-2-4-12(15)5-3-10/h2-6,8,17H,7H2,1H3. The number of halogens is 2. The zero-order chi connectivity index (χ0) is 12.4. The third-order valence-corrected chi connectivity index (χ3v) is 3.12. The Hall–Kier alpha value is -1.18. The van der Waals surface area contributed by atoms with E-state index in [1.807, 2.05) is 31.2 Å². The van der Waals surface area contributed by atoms with Crippen molar-refractivity contribution in [3.63, 3.8) is 0 Å². The van der Waals surface area contributed by atoms with Crippen LogP contribution in [0.25, 0.3) is 0 Å². The highest BCUT2D eigenvalue weighted by Crippen LogP contribution is 2.28. The van der Waals surface area contributed by atoms with Crippen molar-refractivity contribution in [2.45, 2.75) is 13.3 Å². The van der Waals surface area contributed by atoms with Gasteiger partial charge in [0.15, 0.2) is 0 Å². The van der Waals surface area contributed by atoms with E-state index in [9.17, 15) is 5.11 Å². The van der Waals surface area contributed by atoms with Crippen LogP contribution in [-0.2, 0) is 6.42 Å². The van der Waals surface area contributed by atoms with Crippen LogP contribution in [0, 0.1) is 6.92 Å². The molecule has 0 spiro atoms. The van der Waals surface area contributed by atoms with E-state index in [0.717, 1.165) is 16.7 Å². The van der Waals surface area contributed by atoms with Gasteiger partial charge in [0, 0.05) is 16.5 Å². The summed E-state index contributed by atoms with van der Waals surface area (Å²) in [5.74, 6) is 0.310. The zero-order valence-corrected chi connectivity index (χ0v) is 10.9. The van der Waals surface area contributed by atoms with Crippen molar-refractivity contribution in [2.75, 3.05) is 0 Å². The SMILES string of the molecule is Cc1cc(Cl)cc(Cc2ccc(Cl)cc2)c1O. The highest BCUT2D eigenvalue weighted by molar-refractivity contribution is 6.31. The monoisotopic (exact) mass is 266 g/mol. The Balaban J connectivity index is 2.32. The fourth-order valence-electron chi connectivity index (χ4n) is 1.76. The number of rotatable bonds is 2. The molecule has 0 amide bonds. The zero-order valence-electron chi connectivity index (χ0n) is 9.37. The first-order valence-electron chi connectivity index (χ1n) is 5.28. The lowest BCUT2D eigenvalue weighted by atomic mass is 10.0. The summed E-state index contributed by atoms with van der Waals surface area (Å²) in [6, 6.07) is 11.1. The second kappa shape index (κ2) is 4.99. The number of phenolic OH excluding ortho intramolecular Hbond substituents is 1. The molecule has 3 heteroatoms. The molecule has 0 saturated heterocycles. The molecule has 0 aliphatic carbocycles. The van der Waals surface area contributed by atoms with Crippen molar-refractivity contribution in [1.82, 2.24) is 0 Å². The summed E-state index contributed by atoms with van der Waals surface area (Å²) >= 11 is 11.8. The topological polar surface area (TPSA) is 20.2 Å². The lowest BCUT2D eigenvalue weighted by molar-refractivity contribution is 0.465. The number of phenols is 1. The molecule has 1 nitrogen and oxygen atoms in total. The van der Waals surface area contributed by atoms with Gasteiger partial charge in [0.1, 0.15) is 5.75 Å². The van der Waals surface area contributed by atoms with Gasteiger partial charge in [-0.15, -0.1) is 0 Å². The molecule has 0 radical (unpaired) electrons. The Morgan fingerprint density at radius 3 is 2.29 bits per heavy atom. The summed E-state index contributed by atoms with van der Waals surface area (Å²) in [5.41, 5.74) is 2.71. The van der Waals surface area contributed by atoms with E-state index in [2.05, 4.69) is 0 Å². The Morgan fingerprint density at radius 2 is 1.65 bits per heavy atom. The second-order valence-corrected chi connectivity index (χ2v) is 4.91. The number of aryl methyl sites for hydroxylation is 1. The van der Waals surface area contributed by atoms with Gasteiger partial charge in [-0.1, -0.05) is 35.3 Å². The predicted molar refractivity (Wildman–Crippen MR) is 72.1 cm³/mol. The molecule has 88 valence electrons. The van der Waals surface area contributed by atoms with E-state index in [1.165, 1.54) is 0 Å². The molecule has 0 atom stereocenters. The summed E-state index contributed by atoms with van der Waals surface area (Å²) in [4.78, 5) is 0. The van der Waals surface area contributed by atoms with Gasteiger partial charge in [-0.3, -0.25) is 0 Å². The molecule has 2 aromatic carbocycles. The fraction of sp³-hybridized carbons (Fsp3) is 0.143. The molecule has 0 aliphatic heterocycles. The van der Waals surface area contributed by atoms with Crippen molar-refractivity contribution >= 4 is 23.2 Å². The van der Waals surface area contributed by atoms with Gasteiger partial charge in [0.25, 0.3) is 0 Å². The van der Waals surface area contributed by atoms with Crippen LogP contribution in [0.1, 0.15) is 16.7 Å². The van der Waals surface area contributed by atoms with Gasteiger partial charge >= 0.3 is 0 Å². The van der Waals surface area contributed by atoms with E-state index >= 15 is 0 Å². The van der Waals surface area contributed by atoms with E-state index in [-0.39, 0.29) is 0 Å². The highest BCUT2D eigenvalue weighted by Gasteiger charge is 2.07. The molecule has 2 aromatic rings. The van der Waals surface area contributed by atoms with Crippen molar-refractivity contribution in [3.8, 4) is 5.75 Å². The van der Waals surface area contributed by atoms with Gasteiger partial charge in [-0.2, -0.15) is 0 Å². The maximum atomic E-state index is 9.95. The number of benzene rings is 2. The van der Waals surface area contributed by atoms with Crippen LogP contribution < -0.4 is 0 Å². The Morgan fingerprint density at radius 1 is 1.00 bits per heavy atom. The molecule has 0 bridgehead atoms. The van der Waals surface area contributed by atoms with Crippen molar-refractivity contribution < 1.29 is 5.11 Å². The first-order valence-corrected chi connectivity index (χ1v) is 6.04. The first kappa shape index (κ1) is 12.3.